The number of hydrogen-bond acceptors (Lipinski definition) is 4. The zero-order valence-electron chi connectivity index (χ0n) is 15.4. The summed E-state index contributed by atoms with van der Waals surface area (Å²) in [5.74, 6) is 1.31. The van der Waals surface area contributed by atoms with Gasteiger partial charge in [-0.05, 0) is 54.7 Å². The summed E-state index contributed by atoms with van der Waals surface area (Å²) in [6, 6.07) is 11.8. The first-order valence-corrected chi connectivity index (χ1v) is 9.29. The molecule has 3 aromatic rings. The van der Waals surface area contributed by atoms with E-state index >= 15 is 0 Å². The van der Waals surface area contributed by atoms with E-state index in [1.165, 1.54) is 17.5 Å². The van der Waals surface area contributed by atoms with Gasteiger partial charge in [-0.2, -0.15) is 0 Å². The molecule has 1 aromatic heterocycles. The number of aryl methyl sites for hydroxylation is 2. The number of nitrogens with one attached hydrogen (secondary N) is 1. The fraction of sp³-hybridized carbons (Fsp3) is 0.318. The zero-order valence-corrected chi connectivity index (χ0v) is 15.4. The lowest BCUT2D eigenvalue weighted by Crippen LogP contribution is -2.29. The average Bonchev–Trinajstić information content (AvgIpc) is 3.30. The van der Waals surface area contributed by atoms with Crippen LogP contribution in [0.3, 0.4) is 0 Å². The molecule has 0 aliphatic heterocycles. The van der Waals surface area contributed by atoms with Gasteiger partial charge in [0.2, 0.25) is 5.91 Å². The third kappa shape index (κ3) is 3.77. The van der Waals surface area contributed by atoms with Crippen molar-refractivity contribution in [3.63, 3.8) is 0 Å². The van der Waals surface area contributed by atoms with E-state index in [0.29, 0.717) is 31.1 Å². The standard InChI is InChI=1S/C22H23NO4/c1-25-19-7-2-3-8-20(19)26-10-9-23-22(24)13-17-14-27-21-12-16-6-4-5-15(16)11-18(17)21/h2-3,7-8,11-12,14H,4-6,9-10,13H2,1H3,(H,23,24). The Balaban J connectivity index is 1.31. The molecular weight excluding hydrogens is 342 g/mol. The number of rotatable bonds is 7. The van der Waals surface area contributed by atoms with E-state index in [0.717, 1.165) is 29.4 Å². The van der Waals surface area contributed by atoms with Crippen molar-refractivity contribution in [2.45, 2.75) is 25.7 Å². The lowest BCUT2D eigenvalue weighted by molar-refractivity contribution is -0.120. The molecule has 2 aromatic carbocycles. The summed E-state index contributed by atoms with van der Waals surface area (Å²) < 4.78 is 16.6. The smallest absolute Gasteiger partial charge is 0.224 e. The normalized spacial score (nSPS) is 12.8. The number of fused-ring (bicyclic) bond motifs is 2. The highest BCUT2D eigenvalue weighted by molar-refractivity contribution is 5.88. The van der Waals surface area contributed by atoms with Gasteiger partial charge in [0.15, 0.2) is 11.5 Å². The van der Waals surface area contributed by atoms with Crippen LogP contribution in [0.2, 0.25) is 0 Å². The SMILES string of the molecule is COc1ccccc1OCCNC(=O)Cc1coc2cc3c(cc12)CCC3. The molecule has 0 fully saturated rings. The number of methoxy groups -OCH3 is 1. The highest BCUT2D eigenvalue weighted by Gasteiger charge is 2.16. The largest absolute Gasteiger partial charge is 0.493 e. The van der Waals surface area contributed by atoms with E-state index in [1.807, 2.05) is 24.3 Å². The molecule has 27 heavy (non-hydrogen) atoms. The van der Waals surface area contributed by atoms with Crippen LogP contribution in [-0.2, 0) is 24.1 Å². The maximum absolute atomic E-state index is 12.3. The minimum absolute atomic E-state index is 0.0400. The molecular formula is C22H23NO4. The predicted octanol–water partition coefficient (Wildman–Crippen LogP) is 3.67. The van der Waals surface area contributed by atoms with Crippen molar-refractivity contribution in [3.05, 3.63) is 59.4 Å². The first-order valence-electron chi connectivity index (χ1n) is 9.29. The monoisotopic (exact) mass is 365 g/mol. The lowest BCUT2D eigenvalue weighted by atomic mass is 10.0. The molecule has 0 unspecified atom stereocenters. The van der Waals surface area contributed by atoms with Crippen LogP contribution < -0.4 is 14.8 Å². The molecule has 5 heteroatoms. The van der Waals surface area contributed by atoms with Crippen LogP contribution >= 0.6 is 0 Å². The molecule has 1 N–H and O–H groups in total. The van der Waals surface area contributed by atoms with Crippen LogP contribution in [0.15, 0.2) is 47.1 Å². The first kappa shape index (κ1) is 17.5. The number of ether oxygens (including phenoxy) is 2. The van der Waals surface area contributed by atoms with E-state index in [2.05, 4.69) is 17.4 Å². The molecule has 140 valence electrons. The number of carbonyl (C=O) groups is 1. The summed E-state index contributed by atoms with van der Waals surface area (Å²) in [5.41, 5.74) is 4.57. The van der Waals surface area contributed by atoms with Crippen LogP contribution in [0.25, 0.3) is 11.0 Å². The topological polar surface area (TPSA) is 60.7 Å². The third-order valence-corrected chi connectivity index (χ3v) is 4.97. The molecule has 0 spiro atoms. The molecule has 5 nitrogen and oxygen atoms in total. The van der Waals surface area contributed by atoms with Crippen molar-refractivity contribution < 1.29 is 18.7 Å². The second kappa shape index (κ2) is 7.74. The summed E-state index contributed by atoms with van der Waals surface area (Å²) in [7, 11) is 1.61. The molecule has 0 radical (unpaired) electrons. The van der Waals surface area contributed by atoms with E-state index in [-0.39, 0.29) is 5.91 Å². The van der Waals surface area contributed by atoms with Crippen molar-refractivity contribution in [2.24, 2.45) is 0 Å². The molecule has 0 saturated carbocycles. The average molecular weight is 365 g/mol. The molecule has 0 bridgehead atoms. The Morgan fingerprint density at radius 1 is 1.15 bits per heavy atom. The van der Waals surface area contributed by atoms with E-state index < -0.39 is 0 Å². The summed E-state index contributed by atoms with van der Waals surface area (Å²) in [6.07, 6.45) is 5.44. The number of hydrogen-bond donors (Lipinski definition) is 1. The van der Waals surface area contributed by atoms with Gasteiger partial charge in [-0.15, -0.1) is 0 Å². The predicted molar refractivity (Wildman–Crippen MR) is 103 cm³/mol. The molecule has 1 amide bonds. The maximum Gasteiger partial charge on any atom is 0.224 e. The van der Waals surface area contributed by atoms with E-state index in [9.17, 15) is 4.79 Å². The molecule has 4 rings (SSSR count). The van der Waals surface area contributed by atoms with Crippen LogP contribution in [0.4, 0.5) is 0 Å². The Hall–Kier alpha value is -2.95. The van der Waals surface area contributed by atoms with Crippen molar-refractivity contribution in [1.29, 1.82) is 0 Å². The van der Waals surface area contributed by atoms with Crippen LogP contribution in [0.1, 0.15) is 23.1 Å². The highest BCUT2D eigenvalue weighted by atomic mass is 16.5. The molecule has 1 aliphatic rings. The van der Waals surface area contributed by atoms with Gasteiger partial charge in [0.05, 0.1) is 26.3 Å². The van der Waals surface area contributed by atoms with Gasteiger partial charge in [0.25, 0.3) is 0 Å². The Morgan fingerprint density at radius 2 is 1.93 bits per heavy atom. The number of benzene rings is 2. The third-order valence-electron chi connectivity index (χ3n) is 4.97. The molecule has 0 saturated heterocycles. The van der Waals surface area contributed by atoms with Crippen molar-refractivity contribution >= 4 is 16.9 Å². The van der Waals surface area contributed by atoms with Gasteiger partial charge >= 0.3 is 0 Å². The number of carbonyl (C=O) groups excluding carboxylic acids is 1. The Bertz CT molecular complexity index is 960. The minimum Gasteiger partial charge on any atom is -0.493 e. The lowest BCUT2D eigenvalue weighted by Gasteiger charge is -2.10. The van der Waals surface area contributed by atoms with Gasteiger partial charge in [-0.25, -0.2) is 0 Å². The quantitative estimate of drug-likeness (QED) is 0.649. The maximum atomic E-state index is 12.3. The van der Waals surface area contributed by atoms with Crippen LogP contribution in [0.5, 0.6) is 11.5 Å². The zero-order chi connectivity index (χ0) is 18.6. The number of para-hydroxylation sites is 2. The van der Waals surface area contributed by atoms with Gasteiger partial charge < -0.3 is 19.2 Å². The van der Waals surface area contributed by atoms with Crippen LogP contribution in [-0.4, -0.2) is 26.2 Å². The van der Waals surface area contributed by atoms with Gasteiger partial charge in [0.1, 0.15) is 12.2 Å². The van der Waals surface area contributed by atoms with E-state index in [4.69, 9.17) is 13.9 Å². The van der Waals surface area contributed by atoms with Gasteiger partial charge in [-0.1, -0.05) is 12.1 Å². The second-order valence-corrected chi connectivity index (χ2v) is 6.76. The molecule has 0 atom stereocenters. The fourth-order valence-electron chi connectivity index (χ4n) is 3.61. The second-order valence-electron chi connectivity index (χ2n) is 6.76. The Kier molecular flexibility index (Phi) is 5.01. The van der Waals surface area contributed by atoms with Crippen molar-refractivity contribution in [1.82, 2.24) is 5.32 Å². The summed E-state index contributed by atoms with van der Waals surface area (Å²) >= 11 is 0. The summed E-state index contributed by atoms with van der Waals surface area (Å²) in [5, 5.41) is 3.95. The summed E-state index contributed by atoms with van der Waals surface area (Å²) in [6.45, 7) is 0.813. The first-order chi connectivity index (χ1) is 13.2. The highest BCUT2D eigenvalue weighted by Crippen LogP contribution is 2.30. The summed E-state index contributed by atoms with van der Waals surface area (Å²) in [4.78, 5) is 12.3. The van der Waals surface area contributed by atoms with Gasteiger partial charge in [-0.3, -0.25) is 4.79 Å². The van der Waals surface area contributed by atoms with E-state index in [1.54, 1.807) is 13.4 Å². The minimum atomic E-state index is -0.0400. The van der Waals surface area contributed by atoms with Gasteiger partial charge in [0, 0.05) is 10.9 Å². The number of amides is 1. The fourth-order valence-corrected chi connectivity index (χ4v) is 3.61. The van der Waals surface area contributed by atoms with Crippen LogP contribution in [0, 0.1) is 0 Å². The van der Waals surface area contributed by atoms with Crippen molar-refractivity contribution in [3.8, 4) is 11.5 Å². The Labute approximate surface area is 158 Å². The van der Waals surface area contributed by atoms with Crippen molar-refractivity contribution in [2.75, 3.05) is 20.3 Å². The number of furan rings is 1. The molecule has 1 aliphatic carbocycles. The Morgan fingerprint density at radius 3 is 2.74 bits per heavy atom. The molecule has 1 heterocycles.